The molecule has 0 aromatic heterocycles. The Balaban J connectivity index is 2.23. The Morgan fingerprint density at radius 2 is 2.06 bits per heavy atom. The van der Waals surface area contributed by atoms with E-state index in [1.165, 1.54) is 24.0 Å². The fourth-order valence-corrected chi connectivity index (χ4v) is 2.24. The maximum absolute atomic E-state index is 6.30. The van der Waals surface area contributed by atoms with Crippen molar-refractivity contribution in [2.45, 2.75) is 45.1 Å². The van der Waals surface area contributed by atoms with Crippen LogP contribution in [-0.2, 0) is 0 Å². The fraction of sp³-hybridized carbons (Fsp3) is 0.600. The molecule has 2 heteroatoms. The van der Waals surface area contributed by atoms with Gasteiger partial charge < -0.3 is 10.5 Å². The summed E-state index contributed by atoms with van der Waals surface area (Å²) in [4.78, 5) is 0. The van der Waals surface area contributed by atoms with Gasteiger partial charge in [-0.1, -0.05) is 38.8 Å². The van der Waals surface area contributed by atoms with Gasteiger partial charge in [-0.2, -0.15) is 0 Å². The van der Waals surface area contributed by atoms with Crippen molar-refractivity contribution in [2.75, 3.05) is 7.11 Å². The molecule has 2 N–H and O–H groups in total. The van der Waals surface area contributed by atoms with Crippen molar-refractivity contribution in [3.63, 3.8) is 0 Å². The van der Waals surface area contributed by atoms with E-state index in [1.807, 2.05) is 0 Å². The molecule has 1 saturated carbocycles. The van der Waals surface area contributed by atoms with Crippen LogP contribution in [0, 0.1) is 5.92 Å². The quantitative estimate of drug-likeness (QED) is 0.843. The first kappa shape index (κ1) is 12.4. The van der Waals surface area contributed by atoms with Gasteiger partial charge in [-0.05, 0) is 29.9 Å². The molecule has 94 valence electrons. The van der Waals surface area contributed by atoms with Gasteiger partial charge in [0, 0.05) is 11.6 Å². The first-order valence-electron chi connectivity index (χ1n) is 6.55. The van der Waals surface area contributed by atoms with Gasteiger partial charge in [-0.15, -0.1) is 0 Å². The van der Waals surface area contributed by atoms with Gasteiger partial charge in [0.1, 0.15) is 5.75 Å². The fourth-order valence-electron chi connectivity index (χ4n) is 2.24. The topological polar surface area (TPSA) is 35.2 Å². The van der Waals surface area contributed by atoms with Crippen molar-refractivity contribution in [2.24, 2.45) is 11.7 Å². The number of nitrogens with two attached hydrogens (primary N) is 1. The minimum absolute atomic E-state index is 0.121. The van der Waals surface area contributed by atoms with E-state index in [2.05, 4.69) is 32.0 Å². The van der Waals surface area contributed by atoms with E-state index in [4.69, 9.17) is 10.5 Å². The minimum Gasteiger partial charge on any atom is -0.496 e. The van der Waals surface area contributed by atoms with Crippen molar-refractivity contribution in [1.82, 2.24) is 0 Å². The van der Waals surface area contributed by atoms with Crippen molar-refractivity contribution < 1.29 is 4.74 Å². The largest absolute Gasteiger partial charge is 0.496 e. The maximum Gasteiger partial charge on any atom is 0.123 e. The van der Waals surface area contributed by atoms with Gasteiger partial charge in [-0.25, -0.2) is 0 Å². The summed E-state index contributed by atoms with van der Waals surface area (Å²) in [6, 6.07) is 6.53. The van der Waals surface area contributed by atoms with Crippen molar-refractivity contribution in [3.05, 3.63) is 29.3 Å². The van der Waals surface area contributed by atoms with Crippen LogP contribution in [0.5, 0.6) is 5.75 Å². The lowest BCUT2D eigenvalue weighted by Crippen LogP contribution is -2.13. The number of ether oxygens (including phenoxy) is 1. The normalized spacial score (nSPS) is 17.2. The molecule has 0 unspecified atom stereocenters. The molecule has 0 aliphatic heterocycles. The Bertz CT molecular complexity index is 383. The summed E-state index contributed by atoms with van der Waals surface area (Å²) in [5.41, 5.74) is 8.81. The van der Waals surface area contributed by atoms with E-state index in [1.54, 1.807) is 7.11 Å². The van der Waals surface area contributed by atoms with E-state index >= 15 is 0 Å². The Labute approximate surface area is 104 Å². The molecule has 1 fully saturated rings. The highest BCUT2D eigenvalue weighted by Crippen LogP contribution is 2.39. The lowest BCUT2D eigenvalue weighted by Gasteiger charge is -2.18. The third kappa shape index (κ3) is 3.01. The molecule has 1 aliphatic rings. The third-order valence-corrected chi connectivity index (χ3v) is 3.60. The Kier molecular flexibility index (Phi) is 3.72. The monoisotopic (exact) mass is 233 g/mol. The Hall–Kier alpha value is -1.02. The number of hydrogen-bond acceptors (Lipinski definition) is 2. The van der Waals surface area contributed by atoms with E-state index in [-0.39, 0.29) is 6.04 Å². The molecule has 17 heavy (non-hydrogen) atoms. The SMILES string of the molecule is COc1ccc(C(C)C)cc1[C@H](N)CC1CC1. The molecule has 2 rings (SSSR count). The van der Waals surface area contributed by atoms with Gasteiger partial charge in [0.25, 0.3) is 0 Å². The summed E-state index contributed by atoms with van der Waals surface area (Å²) in [6.45, 7) is 4.41. The molecule has 0 radical (unpaired) electrons. The van der Waals surface area contributed by atoms with Crippen LogP contribution >= 0.6 is 0 Å². The molecule has 0 amide bonds. The summed E-state index contributed by atoms with van der Waals surface area (Å²) in [7, 11) is 1.72. The maximum atomic E-state index is 6.30. The predicted octanol–water partition coefficient (Wildman–Crippen LogP) is 3.62. The van der Waals surface area contributed by atoms with Gasteiger partial charge in [0.15, 0.2) is 0 Å². The second-order valence-corrected chi connectivity index (χ2v) is 5.44. The third-order valence-electron chi connectivity index (χ3n) is 3.60. The highest BCUT2D eigenvalue weighted by molar-refractivity contribution is 5.40. The van der Waals surface area contributed by atoms with Crippen LogP contribution in [0.2, 0.25) is 0 Å². The van der Waals surface area contributed by atoms with Crippen molar-refractivity contribution in [3.8, 4) is 5.75 Å². The highest BCUT2D eigenvalue weighted by Gasteiger charge is 2.26. The zero-order valence-corrected chi connectivity index (χ0v) is 11.1. The first-order chi connectivity index (χ1) is 8.11. The van der Waals surface area contributed by atoms with E-state index in [0.717, 1.165) is 18.1 Å². The predicted molar refractivity (Wildman–Crippen MR) is 71.4 cm³/mol. The van der Waals surface area contributed by atoms with E-state index in [9.17, 15) is 0 Å². The van der Waals surface area contributed by atoms with Gasteiger partial charge >= 0.3 is 0 Å². The molecule has 1 atom stereocenters. The van der Waals surface area contributed by atoms with Gasteiger partial charge in [0.2, 0.25) is 0 Å². The number of rotatable bonds is 5. The standard InChI is InChI=1S/C15H23NO/c1-10(2)12-6-7-15(17-3)13(9-12)14(16)8-11-4-5-11/h6-7,9-11,14H,4-5,8,16H2,1-3H3/t14-/m1/s1. The van der Waals surface area contributed by atoms with Gasteiger partial charge in [0.05, 0.1) is 7.11 Å². The second kappa shape index (κ2) is 5.09. The Morgan fingerprint density at radius 1 is 1.35 bits per heavy atom. The van der Waals surface area contributed by atoms with E-state index in [0.29, 0.717) is 5.92 Å². The molecule has 0 spiro atoms. The van der Waals surface area contributed by atoms with Crippen LogP contribution in [0.3, 0.4) is 0 Å². The van der Waals surface area contributed by atoms with Crippen molar-refractivity contribution >= 4 is 0 Å². The molecule has 1 aliphatic carbocycles. The molecule has 0 heterocycles. The van der Waals surface area contributed by atoms with Crippen molar-refractivity contribution in [1.29, 1.82) is 0 Å². The summed E-state index contributed by atoms with van der Waals surface area (Å²) in [6.07, 6.45) is 3.79. The van der Waals surface area contributed by atoms with Crippen LogP contribution in [0.25, 0.3) is 0 Å². The summed E-state index contributed by atoms with van der Waals surface area (Å²) in [5.74, 6) is 2.31. The average Bonchev–Trinajstić information content (AvgIpc) is 3.11. The molecule has 1 aromatic rings. The summed E-state index contributed by atoms with van der Waals surface area (Å²) < 4.78 is 5.42. The van der Waals surface area contributed by atoms with E-state index < -0.39 is 0 Å². The van der Waals surface area contributed by atoms with Crippen LogP contribution in [0.1, 0.15) is 56.2 Å². The number of benzene rings is 1. The molecule has 0 bridgehead atoms. The lowest BCUT2D eigenvalue weighted by atomic mass is 9.95. The minimum atomic E-state index is 0.121. The van der Waals surface area contributed by atoms with Crippen LogP contribution in [-0.4, -0.2) is 7.11 Å². The van der Waals surface area contributed by atoms with Crippen LogP contribution in [0.4, 0.5) is 0 Å². The average molecular weight is 233 g/mol. The smallest absolute Gasteiger partial charge is 0.123 e. The molecular weight excluding hydrogens is 210 g/mol. The zero-order chi connectivity index (χ0) is 12.4. The molecular formula is C15H23NO. The molecule has 0 saturated heterocycles. The van der Waals surface area contributed by atoms with Crippen LogP contribution in [0.15, 0.2) is 18.2 Å². The number of hydrogen-bond donors (Lipinski definition) is 1. The zero-order valence-electron chi connectivity index (χ0n) is 11.1. The summed E-state index contributed by atoms with van der Waals surface area (Å²) >= 11 is 0. The first-order valence-corrected chi connectivity index (χ1v) is 6.55. The lowest BCUT2D eigenvalue weighted by molar-refractivity contribution is 0.402. The number of methoxy groups -OCH3 is 1. The Morgan fingerprint density at radius 3 is 2.59 bits per heavy atom. The van der Waals surface area contributed by atoms with Gasteiger partial charge in [-0.3, -0.25) is 0 Å². The summed E-state index contributed by atoms with van der Waals surface area (Å²) in [5, 5.41) is 0. The van der Waals surface area contributed by atoms with Crippen LogP contribution < -0.4 is 10.5 Å². The highest BCUT2D eigenvalue weighted by atomic mass is 16.5. The molecule has 2 nitrogen and oxygen atoms in total. The second-order valence-electron chi connectivity index (χ2n) is 5.44. The molecule has 1 aromatic carbocycles.